The van der Waals surface area contributed by atoms with Gasteiger partial charge in [0.05, 0.1) is 5.02 Å². The van der Waals surface area contributed by atoms with Crippen LogP contribution in [-0.2, 0) is 11.3 Å². The molecule has 1 aromatic carbocycles. The number of halogens is 1. The van der Waals surface area contributed by atoms with Crippen molar-refractivity contribution in [3.05, 3.63) is 58.4 Å². The molecule has 0 unspecified atom stereocenters. The van der Waals surface area contributed by atoms with Crippen molar-refractivity contribution < 1.29 is 24.0 Å². The molecule has 1 aliphatic heterocycles. The second-order valence-corrected chi connectivity index (χ2v) is 8.31. The number of aliphatic carboxylic acids is 1. The van der Waals surface area contributed by atoms with E-state index in [4.69, 9.17) is 21.2 Å². The van der Waals surface area contributed by atoms with Crippen LogP contribution in [0.1, 0.15) is 40.5 Å². The zero-order valence-corrected chi connectivity index (χ0v) is 18.2. The van der Waals surface area contributed by atoms with Crippen LogP contribution in [0.25, 0.3) is 11.0 Å². The summed E-state index contributed by atoms with van der Waals surface area (Å²) < 4.78 is 4.85. The van der Waals surface area contributed by atoms with E-state index in [9.17, 15) is 14.4 Å². The SMILES string of the molecule is C[C@@H]1CN(Cc2ccccc2)[C@@H](C)CN1C(=O)c1nc2c(C(=O)C(=O)O)onc2cc1Cl. The molecule has 1 amide bonds. The molecule has 9 nitrogen and oxygen atoms in total. The van der Waals surface area contributed by atoms with Gasteiger partial charge in [-0.05, 0) is 25.5 Å². The number of fused-ring (bicyclic) bond motifs is 1. The average Bonchev–Trinajstić information content (AvgIpc) is 3.17. The smallest absolute Gasteiger partial charge is 0.380 e. The summed E-state index contributed by atoms with van der Waals surface area (Å²) in [6.45, 7) is 5.91. The number of piperazine rings is 1. The van der Waals surface area contributed by atoms with E-state index in [1.807, 2.05) is 25.1 Å². The maximum absolute atomic E-state index is 13.3. The van der Waals surface area contributed by atoms with Crippen LogP contribution < -0.4 is 0 Å². The van der Waals surface area contributed by atoms with Gasteiger partial charge in [-0.2, -0.15) is 0 Å². The van der Waals surface area contributed by atoms with E-state index in [0.29, 0.717) is 13.1 Å². The minimum Gasteiger partial charge on any atom is -0.475 e. The third-order valence-electron chi connectivity index (χ3n) is 5.61. The fourth-order valence-electron chi connectivity index (χ4n) is 3.91. The maximum atomic E-state index is 13.3. The summed E-state index contributed by atoms with van der Waals surface area (Å²) in [5.74, 6) is -3.93. The topological polar surface area (TPSA) is 117 Å². The first kappa shape index (κ1) is 21.9. The second-order valence-electron chi connectivity index (χ2n) is 7.90. The lowest BCUT2D eigenvalue weighted by atomic mass is 10.1. The molecule has 0 radical (unpaired) electrons. The Kier molecular flexibility index (Phi) is 5.94. The Bertz CT molecular complexity index is 1200. The molecule has 1 fully saturated rings. The predicted molar refractivity (Wildman–Crippen MR) is 116 cm³/mol. The number of ketones is 1. The summed E-state index contributed by atoms with van der Waals surface area (Å²) >= 11 is 6.29. The van der Waals surface area contributed by atoms with Gasteiger partial charge in [0, 0.05) is 31.7 Å². The highest BCUT2D eigenvalue weighted by Gasteiger charge is 2.34. The zero-order chi connectivity index (χ0) is 23.0. The van der Waals surface area contributed by atoms with Gasteiger partial charge in [-0.1, -0.05) is 47.1 Å². The summed E-state index contributed by atoms with van der Waals surface area (Å²) in [6.07, 6.45) is 0. The molecule has 0 spiro atoms. The average molecular weight is 457 g/mol. The second kappa shape index (κ2) is 8.68. The van der Waals surface area contributed by atoms with Crippen LogP contribution in [0.4, 0.5) is 0 Å². The number of benzene rings is 1. The molecule has 166 valence electrons. The Morgan fingerprint density at radius 2 is 1.88 bits per heavy atom. The van der Waals surface area contributed by atoms with Crippen molar-refractivity contribution in [3.63, 3.8) is 0 Å². The normalized spacial score (nSPS) is 19.3. The Balaban J connectivity index is 1.59. The molecule has 0 saturated carbocycles. The molecular weight excluding hydrogens is 436 g/mol. The van der Waals surface area contributed by atoms with E-state index in [0.717, 1.165) is 6.54 Å². The summed E-state index contributed by atoms with van der Waals surface area (Å²) in [4.78, 5) is 44.4. The zero-order valence-electron chi connectivity index (χ0n) is 17.5. The molecule has 2 aromatic heterocycles. The highest BCUT2D eigenvalue weighted by atomic mass is 35.5. The van der Waals surface area contributed by atoms with Crippen LogP contribution in [0.3, 0.4) is 0 Å². The van der Waals surface area contributed by atoms with Gasteiger partial charge in [-0.15, -0.1) is 0 Å². The molecule has 4 rings (SSSR count). The Labute approximate surface area is 188 Å². The molecule has 1 saturated heterocycles. The van der Waals surface area contributed by atoms with Gasteiger partial charge in [0.2, 0.25) is 5.76 Å². The Morgan fingerprint density at radius 1 is 1.16 bits per heavy atom. The van der Waals surface area contributed by atoms with E-state index in [1.54, 1.807) is 4.90 Å². The molecule has 32 heavy (non-hydrogen) atoms. The number of Topliss-reactive ketones (excluding diaryl/α,β-unsaturated/α-hetero) is 1. The molecular formula is C22H21ClN4O5. The summed E-state index contributed by atoms with van der Waals surface area (Å²) in [5, 5.41) is 12.7. The summed E-state index contributed by atoms with van der Waals surface area (Å²) in [6, 6.07) is 11.5. The van der Waals surface area contributed by atoms with Crippen molar-refractivity contribution >= 4 is 40.3 Å². The number of aromatic nitrogens is 2. The monoisotopic (exact) mass is 456 g/mol. The fraction of sp³-hybridized carbons (Fsp3) is 0.318. The van der Waals surface area contributed by atoms with Crippen molar-refractivity contribution in [3.8, 4) is 0 Å². The van der Waals surface area contributed by atoms with Crippen LogP contribution in [0.5, 0.6) is 0 Å². The first-order valence-electron chi connectivity index (χ1n) is 10.1. The number of hydrogen-bond donors (Lipinski definition) is 1. The largest absolute Gasteiger partial charge is 0.475 e. The number of carbonyl (C=O) groups excluding carboxylic acids is 2. The van der Waals surface area contributed by atoms with Crippen molar-refractivity contribution in [2.45, 2.75) is 32.5 Å². The van der Waals surface area contributed by atoms with Crippen molar-refractivity contribution in [1.29, 1.82) is 0 Å². The fourth-order valence-corrected chi connectivity index (χ4v) is 4.13. The number of carbonyl (C=O) groups is 3. The number of hydrogen-bond acceptors (Lipinski definition) is 7. The van der Waals surface area contributed by atoms with Crippen LogP contribution in [-0.4, -0.2) is 67.9 Å². The summed E-state index contributed by atoms with van der Waals surface area (Å²) in [7, 11) is 0. The lowest BCUT2D eigenvalue weighted by molar-refractivity contribution is -0.132. The Morgan fingerprint density at radius 3 is 2.56 bits per heavy atom. The third kappa shape index (κ3) is 4.09. The van der Waals surface area contributed by atoms with E-state index in [-0.39, 0.29) is 33.8 Å². The quantitative estimate of drug-likeness (QED) is 0.460. The number of carboxylic acids is 1. The summed E-state index contributed by atoms with van der Waals surface area (Å²) in [5.41, 5.74) is 1.13. The lowest BCUT2D eigenvalue weighted by Crippen LogP contribution is -2.57. The van der Waals surface area contributed by atoms with Crippen molar-refractivity contribution in [2.75, 3.05) is 13.1 Å². The van der Waals surface area contributed by atoms with Gasteiger partial charge in [0.25, 0.3) is 5.91 Å². The highest BCUT2D eigenvalue weighted by molar-refractivity contribution is 6.41. The standard InChI is InChI=1S/C22H21ClN4O5/c1-12-10-27(13(2)9-26(12)11-14-6-4-3-5-7-14)21(29)17-15(23)8-16-18(24-17)20(32-25-16)19(28)22(30)31/h3-8,12-13H,9-11H2,1-2H3,(H,30,31)/t12-,13+/m0/s1. The molecule has 3 aromatic rings. The molecule has 10 heteroatoms. The van der Waals surface area contributed by atoms with Gasteiger partial charge < -0.3 is 14.5 Å². The van der Waals surface area contributed by atoms with Crippen LogP contribution in [0.15, 0.2) is 40.9 Å². The number of carboxylic acid groups (broad SMARTS) is 1. The van der Waals surface area contributed by atoms with E-state index in [2.05, 4.69) is 34.1 Å². The first-order valence-corrected chi connectivity index (χ1v) is 10.5. The number of amides is 1. The van der Waals surface area contributed by atoms with Gasteiger partial charge >= 0.3 is 11.8 Å². The van der Waals surface area contributed by atoms with Crippen molar-refractivity contribution in [1.82, 2.24) is 19.9 Å². The number of rotatable bonds is 5. The molecule has 0 bridgehead atoms. The molecule has 3 heterocycles. The van der Waals surface area contributed by atoms with Gasteiger partial charge in [0.1, 0.15) is 16.7 Å². The van der Waals surface area contributed by atoms with E-state index >= 15 is 0 Å². The molecule has 0 aliphatic carbocycles. The number of nitrogens with zero attached hydrogens (tertiary/aromatic N) is 4. The third-order valence-corrected chi connectivity index (χ3v) is 5.90. The van der Waals surface area contributed by atoms with E-state index in [1.165, 1.54) is 11.6 Å². The first-order chi connectivity index (χ1) is 15.3. The lowest BCUT2D eigenvalue weighted by Gasteiger charge is -2.44. The van der Waals surface area contributed by atoms with Crippen molar-refractivity contribution in [2.24, 2.45) is 0 Å². The van der Waals surface area contributed by atoms with Gasteiger partial charge in [-0.3, -0.25) is 14.5 Å². The predicted octanol–water partition coefficient (Wildman–Crippen LogP) is 2.88. The van der Waals surface area contributed by atoms with Crippen LogP contribution in [0, 0.1) is 0 Å². The maximum Gasteiger partial charge on any atom is 0.380 e. The molecule has 1 aliphatic rings. The number of pyridine rings is 1. The van der Waals surface area contributed by atoms with Gasteiger partial charge in [-0.25, -0.2) is 9.78 Å². The van der Waals surface area contributed by atoms with Crippen LogP contribution >= 0.6 is 11.6 Å². The van der Waals surface area contributed by atoms with Gasteiger partial charge in [0.15, 0.2) is 0 Å². The minimum absolute atomic E-state index is 0.0525. The highest BCUT2D eigenvalue weighted by Crippen LogP contribution is 2.27. The molecule has 2 atom stereocenters. The Hall–Kier alpha value is -3.30. The van der Waals surface area contributed by atoms with E-state index < -0.39 is 23.4 Å². The minimum atomic E-state index is -1.70. The molecule has 1 N–H and O–H groups in total. The van der Waals surface area contributed by atoms with Crippen LogP contribution in [0.2, 0.25) is 5.02 Å².